The van der Waals surface area contributed by atoms with E-state index in [1.165, 1.54) is 0 Å². The molecule has 0 saturated carbocycles. The fourth-order valence-electron chi connectivity index (χ4n) is 1.98. The molecular formula is C13H18N2O2S. The molecule has 0 aromatic heterocycles. The molecule has 0 saturated heterocycles. The molecular weight excluding hydrogens is 248 g/mol. The van der Waals surface area contributed by atoms with Crippen LogP contribution in [0.5, 0.6) is 5.75 Å². The van der Waals surface area contributed by atoms with Crippen LogP contribution < -0.4 is 10.2 Å². The molecule has 1 aromatic carbocycles. The Balaban J connectivity index is 1.92. The molecule has 18 heavy (non-hydrogen) atoms. The summed E-state index contributed by atoms with van der Waals surface area (Å²) in [7, 11) is 2.04. The Morgan fingerprint density at radius 2 is 2.33 bits per heavy atom. The van der Waals surface area contributed by atoms with E-state index in [0.29, 0.717) is 24.1 Å². The third-order valence-corrected chi connectivity index (χ3v) is 4.46. The third-order valence-electron chi connectivity index (χ3n) is 3.05. The average molecular weight is 266 g/mol. The molecule has 1 aliphatic rings. The Kier molecular flexibility index (Phi) is 4.01. The Morgan fingerprint density at radius 1 is 1.56 bits per heavy atom. The number of hydrogen-bond acceptors (Lipinski definition) is 4. The SMILES string of the molecule is CCC(=O)NCCC1Sc2cc(O)ccc2N1C. The van der Waals surface area contributed by atoms with Crippen LogP contribution in [0.1, 0.15) is 19.8 Å². The molecule has 0 bridgehead atoms. The standard InChI is InChI=1S/C13H18N2O2S/c1-3-12(17)14-7-6-13-15(2)10-5-4-9(16)8-11(10)18-13/h4-5,8,13,16H,3,6-7H2,1-2H3,(H,14,17). The second-order valence-corrected chi connectivity index (χ2v) is 5.55. The summed E-state index contributed by atoms with van der Waals surface area (Å²) in [6.07, 6.45) is 1.42. The number of thioether (sulfide) groups is 1. The van der Waals surface area contributed by atoms with E-state index in [4.69, 9.17) is 0 Å². The minimum atomic E-state index is 0.0933. The van der Waals surface area contributed by atoms with Crippen molar-refractivity contribution in [1.29, 1.82) is 0 Å². The van der Waals surface area contributed by atoms with Gasteiger partial charge in [0.05, 0.1) is 11.1 Å². The van der Waals surface area contributed by atoms with Crippen LogP contribution in [0, 0.1) is 0 Å². The van der Waals surface area contributed by atoms with Crippen molar-refractivity contribution in [2.45, 2.75) is 30.0 Å². The number of carbonyl (C=O) groups excluding carboxylic acids is 1. The van der Waals surface area contributed by atoms with Crippen LogP contribution in [-0.2, 0) is 4.79 Å². The van der Waals surface area contributed by atoms with Gasteiger partial charge >= 0.3 is 0 Å². The van der Waals surface area contributed by atoms with Crippen LogP contribution in [0.2, 0.25) is 0 Å². The summed E-state index contributed by atoms with van der Waals surface area (Å²) in [5.41, 5.74) is 1.14. The van der Waals surface area contributed by atoms with Crippen molar-refractivity contribution in [2.75, 3.05) is 18.5 Å². The minimum absolute atomic E-state index is 0.0933. The Bertz CT molecular complexity index is 451. The van der Waals surface area contributed by atoms with Crippen LogP contribution in [0.3, 0.4) is 0 Å². The lowest BCUT2D eigenvalue weighted by Crippen LogP contribution is -2.31. The lowest BCUT2D eigenvalue weighted by Gasteiger charge is -2.21. The highest BCUT2D eigenvalue weighted by Crippen LogP contribution is 2.44. The molecule has 98 valence electrons. The summed E-state index contributed by atoms with van der Waals surface area (Å²) in [6, 6.07) is 5.43. The van der Waals surface area contributed by atoms with Crippen LogP contribution in [-0.4, -0.2) is 30.0 Å². The molecule has 1 atom stereocenters. The fraction of sp³-hybridized carbons (Fsp3) is 0.462. The quantitative estimate of drug-likeness (QED) is 0.877. The molecule has 1 aliphatic heterocycles. The molecule has 4 nitrogen and oxygen atoms in total. The van der Waals surface area contributed by atoms with E-state index in [2.05, 4.69) is 10.2 Å². The van der Waals surface area contributed by atoms with Gasteiger partial charge in [0.15, 0.2) is 0 Å². The number of phenolic OH excluding ortho intramolecular Hbond substituents is 1. The number of anilines is 1. The zero-order valence-corrected chi connectivity index (χ0v) is 11.5. The van der Waals surface area contributed by atoms with Crippen LogP contribution >= 0.6 is 11.8 Å². The average Bonchev–Trinajstić information content (AvgIpc) is 2.65. The Hall–Kier alpha value is -1.36. The van der Waals surface area contributed by atoms with Crippen molar-refractivity contribution < 1.29 is 9.90 Å². The van der Waals surface area contributed by atoms with Crippen molar-refractivity contribution >= 4 is 23.4 Å². The molecule has 5 heteroatoms. The maximum atomic E-state index is 11.2. The van der Waals surface area contributed by atoms with Crippen LogP contribution in [0.4, 0.5) is 5.69 Å². The number of hydrogen-bond donors (Lipinski definition) is 2. The predicted octanol–water partition coefficient (Wildman–Crippen LogP) is 2.18. The van der Waals surface area contributed by atoms with Gasteiger partial charge in [0, 0.05) is 24.9 Å². The highest BCUT2D eigenvalue weighted by molar-refractivity contribution is 8.00. The normalized spacial score (nSPS) is 17.7. The van der Waals surface area contributed by atoms with Crippen molar-refractivity contribution in [1.82, 2.24) is 5.32 Å². The molecule has 1 unspecified atom stereocenters. The number of benzene rings is 1. The monoisotopic (exact) mass is 266 g/mol. The lowest BCUT2D eigenvalue weighted by molar-refractivity contribution is -0.120. The topological polar surface area (TPSA) is 52.6 Å². The van der Waals surface area contributed by atoms with Gasteiger partial charge in [-0.1, -0.05) is 18.7 Å². The molecule has 2 N–H and O–H groups in total. The van der Waals surface area contributed by atoms with Gasteiger partial charge in [-0.25, -0.2) is 0 Å². The van der Waals surface area contributed by atoms with Gasteiger partial charge in [-0.3, -0.25) is 4.79 Å². The number of phenols is 1. The van der Waals surface area contributed by atoms with Gasteiger partial charge in [0.2, 0.25) is 5.91 Å². The van der Waals surface area contributed by atoms with E-state index >= 15 is 0 Å². The fourth-order valence-corrected chi connectivity index (χ4v) is 3.30. The van der Waals surface area contributed by atoms with E-state index in [1.807, 2.05) is 20.0 Å². The van der Waals surface area contributed by atoms with E-state index in [1.54, 1.807) is 23.9 Å². The number of aromatic hydroxyl groups is 1. The molecule has 1 aromatic rings. The number of amides is 1. The molecule has 0 spiro atoms. The smallest absolute Gasteiger partial charge is 0.219 e. The largest absolute Gasteiger partial charge is 0.508 e. The molecule has 0 fully saturated rings. The minimum Gasteiger partial charge on any atom is -0.508 e. The van der Waals surface area contributed by atoms with Gasteiger partial charge in [0.1, 0.15) is 5.75 Å². The first kappa shape index (κ1) is 13.1. The van der Waals surface area contributed by atoms with Crippen molar-refractivity contribution in [3.05, 3.63) is 18.2 Å². The Labute approximate surface area is 111 Å². The van der Waals surface area contributed by atoms with Gasteiger partial charge < -0.3 is 15.3 Å². The van der Waals surface area contributed by atoms with Gasteiger partial charge in [-0.2, -0.15) is 0 Å². The number of nitrogens with one attached hydrogen (secondary N) is 1. The molecule has 1 heterocycles. The summed E-state index contributed by atoms with van der Waals surface area (Å²) in [5.74, 6) is 0.394. The van der Waals surface area contributed by atoms with Crippen LogP contribution in [0.15, 0.2) is 23.1 Å². The van der Waals surface area contributed by atoms with E-state index in [9.17, 15) is 9.90 Å². The number of carbonyl (C=O) groups is 1. The first-order valence-electron chi connectivity index (χ1n) is 6.11. The zero-order valence-electron chi connectivity index (χ0n) is 10.6. The van der Waals surface area contributed by atoms with Gasteiger partial charge in [-0.05, 0) is 24.6 Å². The number of nitrogens with zero attached hydrogens (tertiary/aromatic N) is 1. The highest BCUT2D eigenvalue weighted by atomic mass is 32.2. The molecule has 1 amide bonds. The number of rotatable bonds is 4. The first-order chi connectivity index (χ1) is 8.61. The first-order valence-corrected chi connectivity index (χ1v) is 6.99. The molecule has 0 radical (unpaired) electrons. The van der Waals surface area contributed by atoms with E-state index < -0.39 is 0 Å². The molecule has 2 rings (SSSR count). The second-order valence-electron chi connectivity index (χ2n) is 4.33. The maximum absolute atomic E-state index is 11.2. The zero-order chi connectivity index (χ0) is 13.1. The highest BCUT2D eigenvalue weighted by Gasteiger charge is 2.27. The summed E-state index contributed by atoms with van der Waals surface area (Å²) in [6.45, 7) is 2.54. The van der Waals surface area contributed by atoms with E-state index in [0.717, 1.165) is 17.0 Å². The van der Waals surface area contributed by atoms with Crippen molar-refractivity contribution in [2.24, 2.45) is 0 Å². The predicted molar refractivity (Wildman–Crippen MR) is 74.1 cm³/mol. The molecule has 0 aliphatic carbocycles. The summed E-state index contributed by atoms with van der Waals surface area (Å²) in [5, 5.41) is 12.7. The van der Waals surface area contributed by atoms with Gasteiger partial charge in [0.25, 0.3) is 0 Å². The van der Waals surface area contributed by atoms with E-state index in [-0.39, 0.29) is 5.91 Å². The van der Waals surface area contributed by atoms with Crippen molar-refractivity contribution in [3.63, 3.8) is 0 Å². The summed E-state index contributed by atoms with van der Waals surface area (Å²) >= 11 is 1.73. The van der Waals surface area contributed by atoms with Gasteiger partial charge in [-0.15, -0.1) is 0 Å². The number of fused-ring (bicyclic) bond motifs is 1. The maximum Gasteiger partial charge on any atom is 0.219 e. The van der Waals surface area contributed by atoms with Crippen LogP contribution in [0.25, 0.3) is 0 Å². The summed E-state index contributed by atoms with van der Waals surface area (Å²) < 4.78 is 0. The lowest BCUT2D eigenvalue weighted by atomic mass is 10.2. The Morgan fingerprint density at radius 3 is 3.06 bits per heavy atom. The van der Waals surface area contributed by atoms with Crippen molar-refractivity contribution in [3.8, 4) is 5.75 Å². The third kappa shape index (κ3) is 2.72. The second kappa shape index (κ2) is 5.52. The summed E-state index contributed by atoms with van der Waals surface area (Å²) in [4.78, 5) is 14.5.